The van der Waals surface area contributed by atoms with Crippen molar-refractivity contribution in [1.82, 2.24) is 9.97 Å². The molecule has 6 heteroatoms. The average Bonchev–Trinajstić information content (AvgIpc) is 3.15. The van der Waals surface area contributed by atoms with Crippen LogP contribution in [-0.2, 0) is 20.7 Å². The lowest BCUT2D eigenvalue weighted by Crippen LogP contribution is -2.42. The third-order valence-electron chi connectivity index (χ3n) is 4.85. The van der Waals surface area contributed by atoms with Crippen molar-refractivity contribution in [1.29, 1.82) is 0 Å². The first-order chi connectivity index (χ1) is 12.6. The van der Waals surface area contributed by atoms with Crippen LogP contribution >= 0.6 is 0 Å². The van der Waals surface area contributed by atoms with Crippen LogP contribution < -0.4 is 4.90 Å². The number of hydrogen-bond acceptors (Lipinski definition) is 4. The number of imidazole rings is 1. The van der Waals surface area contributed by atoms with Crippen molar-refractivity contribution in [2.75, 3.05) is 11.4 Å². The number of para-hydroxylation sites is 1. The second kappa shape index (κ2) is 6.83. The van der Waals surface area contributed by atoms with Crippen molar-refractivity contribution in [3.05, 3.63) is 47.5 Å². The van der Waals surface area contributed by atoms with Gasteiger partial charge in [-0.15, -0.1) is 0 Å². The molecule has 1 N–H and O–H groups in total. The van der Waals surface area contributed by atoms with E-state index in [4.69, 9.17) is 4.74 Å². The molecule has 1 aliphatic heterocycles. The number of nitrogens with zero attached hydrogens (tertiary/aromatic N) is 2. The van der Waals surface area contributed by atoms with E-state index in [0.717, 1.165) is 16.8 Å². The van der Waals surface area contributed by atoms with E-state index < -0.39 is 11.0 Å². The zero-order chi connectivity index (χ0) is 19.8. The van der Waals surface area contributed by atoms with Crippen LogP contribution in [0.4, 0.5) is 5.69 Å². The molecular formula is C21H27N3O3. The molecule has 27 heavy (non-hydrogen) atoms. The summed E-state index contributed by atoms with van der Waals surface area (Å²) in [6.45, 7) is 9.76. The molecule has 0 aliphatic carbocycles. The number of anilines is 1. The quantitative estimate of drug-likeness (QED) is 0.839. The molecule has 0 bridgehead atoms. The lowest BCUT2D eigenvalue weighted by molar-refractivity contribution is -0.167. The lowest BCUT2D eigenvalue weighted by atomic mass is 9.82. The fourth-order valence-electron chi connectivity index (χ4n) is 3.70. The summed E-state index contributed by atoms with van der Waals surface area (Å²) in [5, 5.41) is 0. The van der Waals surface area contributed by atoms with Crippen LogP contribution in [0.15, 0.2) is 30.6 Å². The van der Waals surface area contributed by atoms with E-state index in [0.29, 0.717) is 12.2 Å². The minimum atomic E-state index is -0.961. The highest BCUT2D eigenvalue weighted by Gasteiger charge is 2.52. The van der Waals surface area contributed by atoms with Gasteiger partial charge in [0.15, 0.2) is 0 Å². The van der Waals surface area contributed by atoms with Gasteiger partial charge in [0.2, 0.25) is 5.91 Å². The molecule has 6 nitrogen and oxygen atoms in total. The van der Waals surface area contributed by atoms with E-state index in [9.17, 15) is 9.59 Å². The van der Waals surface area contributed by atoms with Crippen LogP contribution in [0.3, 0.4) is 0 Å². The number of H-pyrrole nitrogens is 1. The maximum Gasteiger partial charge on any atom is 0.315 e. The summed E-state index contributed by atoms with van der Waals surface area (Å²) < 4.78 is 5.71. The number of esters is 1. The average molecular weight is 369 g/mol. The number of rotatable bonds is 4. The van der Waals surface area contributed by atoms with Crippen molar-refractivity contribution >= 4 is 17.6 Å². The zero-order valence-electron chi connectivity index (χ0n) is 16.6. The van der Waals surface area contributed by atoms with E-state index in [-0.39, 0.29) is 24.8 Å². The van der Waals surface area contributed by atoms with Gasteiger partial charge >= 0.3 is 5.97 Å². The second-order valence-electron chi connectivity index (χ2n) is 8.39. The first kappa shape index (κ1) is 19.1. The number of benzene rings is 1. The molecule has 3 rings (SSSR count). The van der Waals surface area contributed by atoms with Gasteiger partial charge < -0.3 is 14.6 Å². The summed E-state index contributed by atoms with van der Waals surface area (Å²) in [6, 6.07) is 5.93. The van der Waals surface area contributed by atoms with Gasteiger partial charge in [0.1, 0.15) is 16.8 Å². The highest BCUT2D eigenvalue weighted by molar-refractivity contribution is 6.02. The zero-order valence-corrected chi connectivity index (χ0v) is 16.6. The molecule has 1 aromatic carbocycles. The molecule has 1 atom stereocenters. The van der Waals surface area contributed by atoms with Crippen molar-refractivity contribution in [3.63, 3.8) is 0 Å². The molecule has 0 spiro atoms. The number of aromatic nitrogens is 2. The Morgan fingerprint density at radius 2 is 1.96 bits per heavy atom. The fourth-order valence-corrected chi connectivity index (χ4v) is 3.70. The Kier molecular flexibility index (Phi) is 4.84. The summed E-state index contributed by atoms with van der Waals surface area (Å²) in [5.74, 6) is 0.260. The standard InChI is InChI=1S/C21H27N3O3/c1-14-7-6-8-15(2)18(14)24-13-21(12-17(24)25,11-16-22-9-10-23-16)19(26)27-20(3,4)5/h6-10H,11-13H2,1-5H3,(H,22,23). The van der Waals surface area contributed by atoms with Gasteiger partial charge in [0.25, 0.3) is 0 Å². The molecule has 1 aromatic heterocycles. The molecule has 1 saturated heterocycles. The highest BCUT2D eigenvalue weighted by atomic mass is 16.6. The predicted octanol–water partition coefficient (Wildman–Crippen LogP) is 3.33. The molecule has 1 fully saturated rings. The summed E-state index contributed by atoms with van der Waals surface area (Å²) in [7, 11) is 0. The third kappa shape index (κ3) is 3.89. The van der Waals surface area contributed by atoms with Gasteiger partial charge in [-0.3, -0.25) is 9.59 Å². The first-order valence-corrected chi connectivity index (χ1v) is 9.20. The summed E-state index contributed by atoms with van der Waals surface area (Å²) in [5.41, 5.74) is 1.33. The van der Waals surface area contributed by atoms with Gasteiger partial charge in [-0.25, -0.2) is 4.98 Å². The van der Waals surface area contributed by atoms with Crippen LogP contribution in [0.25, 0.3) is 0 Å². The number of carbonyl (C=O) groups excluding carboxylic acids is 2. The van der Waals surface area contributed by atoms with Crippen LogP contribution in [0.2, 0.25) is 0 Å². The molecular weight excluding hydrogens is 342 g/mol. The molecule has 144 valence electrons. The van der Waals surface area contributed by atoms with E-state index in [1.807, 2.05) is 52.8 Å². The van der Waals surface area contributed by atoms with Gasteiger partial charge in [0, 0.05) is 37.5 Å². The molecule has 0 radical (unpaired) electrons. The number of aryl methyl sites for hydroxylation is 2. The molecule has 1 unspecified atom stereocenters. The second-order valence-corrected chi connectivity index (χ2v) is 8.39. The van der Waals surface area contributed by atoms with E-state index in [1.54, 1.807) is 17.3 Å². The smallest absolute Gasteiger partial charge is 0.315 e. The van der Waals surface area contributed by atoms with Crippen LogP contribution in [0.1, 0.15) is 44.1 Å². The van der Waals surface area contributed by atoms with E-state index in [2.05, 4.69) is 9.97 Å². The number of aromatic amines is 1. The monoisotopic (exact) mass is 369 g/mol. The van der Waals surface area contributed by atoms with Crippen LogP contribution in [-0.4, -0.2) is 34.0 Å². The Hall–Kier alpha value is -2.63. The summed E-state index contributed by atoms with van der Waals surface area (Å²) in [4.78, 5) is 35.2. The van der Waals surface area contributed by atoms with E-state index in [1.165, 1.54) is 0 Å². The summed E-state index contributed by atoms with van der Waals surface area (Å²) >= 11 is 0. The molecule has 2 aromatic rings. The summed E-state index contributed by atoms with van der Waals surface area (Å²) in [6.07, 6.45) is 3.81. The van der Waals surface area contributed by atoms with Gasteiger partial charge in [-0.2, -0.15) is 0 Å². The molecule has 2 heterocycles. The maximum atomic E-state index is 13.2. The number of carbonyl (C=O) groups is 2. The minimum absolute atomic E-state index is 0.0650. The van der Waals surface area contributed by atoms with Crippen molar-refractivity contribution in [3.8, 4) is 0 Å². The number of ether oxygens (including phenoxy) is 1. The molecule has 1 amide bonds. The van der Waals surface area contributed by atoms with Gasteiger partial charge in [0.05, 0.1) is 0 Å². The topological polar surface area (TPSA) is 75.3 Å². The van der Waals surface area contributed by atoms with Gasteiger partial charge in [-0.1, -0.05) is 18.2 Å². The normalized spacial score (nSPS) is 20.2. The predicted molar refractivity (Wildman–Crippen MR) is 103 cm³/mol. The lowest BCUT2D eigenvalue weighted by Gasteiger charge is -2.30. The Morgan fingerprint density at radius 1 is 1.30 bits per heavy atom. The fraction of sp³-hybridized carbons (Fsp3) is 0.476. The number of nitrogens with one attached hydrogen (secondary N) is 1. The Labute approximate surface area is 159 Å². The minimum Gasteiger partial charge on any atom is -0.459 e. The van der Waals surface area contributed by atoms with Gasteiger partial charge in [-0.05, 0) is 45.7 Å². The Bertz CT molecular complexity index is 832. The maximum absolute atomic E-state index is 13.2. The SMILES string of the molecule is Cc1cccc(C)c1N1CC(Cc2ncc[nH]2)(C(=O)OC(C)(C)C)CC1=O. The van der Waals surface area contributed by atoms with Crippen molar-refractivity contribution < 1.29 is 14.3 Å². The number of amides is 1. The largest absolute Gasteiger partial charge is 0.459 e. The number of hydrogen-bond donors (Lipinski definition) is 1. The van der Waals surface area contributed by atoms with E-state index >= 15 is 0 Å². The third-order valence-corrected chi connectivity index (χ3v) is 4.85. The van der Waals surface area contributed by atoms with Crippen LogP contribution in [0.5, 0.6) is 0 Å². The molecule has 0 saturated carbocycles. The van der Waals surface area contributed by atoms with Crippen molar-refractivity contribution in [2.45, 2.75) is 53.1 Å². The van der Waals surface area contributed by atoms with Crippen molar-refractivity contribution in [2.24, 2.45) is 5.41 Å². The Morgan fingerprint density at radius 3 is 2.52 bits per heavy atom. The first-order valence-electron chi connectivity index (χ1n) is 9.20. The highest BCUT2D eigenvalue weighted by Crippen LogP contribution is 2.41. The Balaban J connectivity index is 1.99. The molecule has 1 aliphatic rings. The van der Waals surface area contributed by atoms with Crippen LogP contribution in [0, 0.1) is 19.3 Å².